The number of likely N-dealkylation sites (tertiary alicyclic amines) is 1. The van der Waals surface area contributed by atoms with Gasteiger partial charge in [0, 0.05) is 25.8 Å². The van der Waals surface area contributed by atoms with Gasteiger partial charge in [-0.25, -0.2) is 9.78 Å². The van der Waals surface area contributed by atoms with Crippen molar-refractivity contribution < 1.29 is 14.7 Å². The highest BCUT2D eigenvalue weighted by Crippen LogP contribution is 2.24. The monoisotopic (exact) mass is 280 g/mol. The van der Waals surface area contributed by atoms with Gasteiger partial charge in [0.1, 0.15) is 11.7 Å². The van der Waals surface area contributed by atoms with Crippen LogP contribution in [-0.4, -0.2) is 50.6 Å². The average Bonchev–Trinajstić information content (AvgIpc) is 2.86. The summed E-state index contributed by atoms with van der Waals surface area (Å²) in [5.41, 5.74) is 5.72. The van der Waals surface area contributed by atoms with E-state index in [9.17, 15) is 14.7 Å². The summed E-state index contributed by atoms with van der Waals surface area (Å²) in [5, 5.41) is 9.33. The van der Waals surface area contributed by atoms with E-state index in [2.05, 4.69) is 4.98 Å². The van der Waals surface area contributed by atoms with Crippen molar-refractivity contribution in [2.45, 2.75) is 32.4 Å². The normalized spacial score (nSPS) is 22.8. The number of amides is 1. The van der Waals surface area contributed by atoms with Crippen molar-refractivity contribution in [3.8, 4) is 0 Å². The van der Waals surface area contributed by atoms with Crippen LogP contribution in [-0.2, 0) is 11.3 Å². The number of aliphatic carboxylic acids is 1. The Morgan fingerprint density at radius 2 is 2.30 bits per heavy atom. The van der Waals surface area contributed by atoms with E-state index in [0.29, 0.717) is 19.6 Å². The number of rotatable bonds is 4. The van der Waals surface area contributed by atoms with Crippen molar-refractivity contribution in [3.63, 3.8) is 0 Å². The van der Waals surface area contributed by atoms with Gasteiger partial charge >= 0.3 is 5.97 Å². The van der Waals surface area contributed by atoms with Crippen molar-refractivity contribution in [2.24, 2.45) is 11.7 Å². The second-order valence-electron chi connectivity index (χ2n) is 5.19. The number of carbonyl (C=O) groups excluding carboxylic acids is 1. The second kappa shape index (κ2) is 6.04. The van der Waals surface area contributed by atoms with Crippen molar-refractivity contribution in [1.82, 2.24) is 14.5 Å². The molecule has 0 spiro atoms. The molecule has 2 unspecified atom stereocenters. The summed E-state index contributed by atoms with van der Waals surface area (Å²) >= 11 is 0. The minimum atomic E-state index is -0.952. The van der Waals surface area contributed by atoms with Gasteiger partial charge in [-0.2, -0.15) is 0 Å². The van der Waals surface area contributed by atoms with Crippen LogP contribution in [0.25, 0.3) is 0 Å². The highest BCUT2D eigenvalue weighted by molar-refractivity contribution is 5.95. The second-order valence-corrected chi connectivity index (χ2v) is 5.19. The van der Waals surface area contributed by atoms with Crippen molar-refractivity contribution >= 4 is 11.9 Å². The molecule has 0 aliphatic carbocycles. The largest absolute Gasteiger partial charge is 0.480 e. The summed E-state index contributed by atoms with van der Waals surface area (Å²) in [6, 6.07) is -0.768. The molecule has 0 radical (unpaired) electrons. The fraction of sp³-hybridized carbons (Fsp3) is 0.615. The summed E-state index contributed by atoms with van der Waals surface area (Å²) in [4.78, 5) is 29.3. The predicted molar refractivity (Wildman–Crippen MR) is 72.1 cm³/mol. The average molecular weight is 280 g/mol. The van der Waals surface area contributed by atoms with Crippen LogP contribution in [0.15, 0.2) is 12.5 Å². The molecule has 2 heterocycles. The van der Waals surface area contributed by atoms with Crippen LogP contribution < -0.4 is 5.73 Å². The third-order valence-electron chi connectivity index (χ3n) is 3.69. The Kier molecular flexibility index (Phi) is 4.39. The first kappa shape index (κ1) is 14.5. The van der Waals surface area contributed by atoms with Crippen molar-refractivity contribution in [1.29, 1.82) is 0 Å². The minimum Gasteiger partial charge on any atom is -0.480 e. The lowest BCUT2D eigenvalue weighted by atomic mass is 9.90. The minimum absolute atomic E-state index is 0.0451. The highest BCUT2D eigenvalue weighted by Gasteiger charge is 2.37. The molecule has 1 aromatic rings. The van der Waals surface area contributed by atoms with Crippen LogP contribution in [0.3, 0.4) is 0 Å². The number of imidazole rings is 1. The van der Waals surface area contributed by atoms with E-state index in [1.54, 1.807) is 17.1 Å². The SMILES string of the molecule is CC1CCCN(C(=O)c2cn(CCN)cn2)C1C(=O)O. The van der Waals surface area contributed by atoms with Gasteiger partial charge in [0.15, 0.2) is 0 Å². The molecule has 2 atom stereocenters. The molecule has 3 N–H and O–H groups in total. The maximum atomic E-state index is 12.4. The number of nitrogens with zero attached hydrogens (tertiary/aromatic N) is 3. The van der Waals surface area contributed by atoms with E-state index >= 15 is 0 Å². The first-order chi connectivity index (χ1) is 9.54. The van der Waals surface area contributed by atoms with Gasteiger partial charge in [-0.05, 0) is 18.8 Å². The maximum Gasteiger partial charge on any atom is 0.326 e. The van der Waals surface area contributed by atoms with Gasteiger partial charge < -0.3 is 20.3 Å². The first-order valence-corrected chi connectivity index (χ1v) is 6.80. The van der Waals surface area contributed by atoms with Gasteiger partial charge in [0.2, 0.25) is 0 Å². The molecule has 1 saturated heterocycles. The predicted octanol–water partition coefficient (Wildman–Crippen LogP) is 0.167. The number of carboxylic acids is 1. The Morgan fingerprint density at radius 1 is 1.55 bits per heavy atom. The van der Waals surface area contributed by atoms with Gasteiger partial charge in [-0.3, -0.25) is 4.79 Å². The lowest BCUT2D eigenvalue weighted by Crippen LogP contribution is -2.52. The lowest BCUT2D eigenvalue weighted by Gasteiger charge is -2.36. The van der Waals surface area contributed by atoms with Crippen molar-refractivity contribution in [3.05, 3.63) is 18.2 Å². The fourth-order valence-electron chi connectivity index (χ4n) is 2.68. The van der Waals surface area contributed by atoms with Gasteiger partial charge in [0.05, 0.1) is 6.33 Å². The van der Waals surface area contributed by atoms with E-state index in [0.717, 1.165) is 12.8 Å². The molecule has 1 amide bonds. The number of piperidine rings is 1. The Morgan fingerprint density at radius 3 is 2.95 bits per heavy atom. The van der Waals surface area contributed by atoms with Crippen LogP contribution in [0.1, 0.15) is 30.3 Å². The first-order valence-electron chi connectivity index (χ1n) is 6.80. The van der Waals surface area contributed by atoms with Crippen LogP contribution in [0.2, 0.25) is 0 Å². The Labute approximate surface area is 117 Å². The molecule has 0 saturated carbocycles. The highest BCUT2D eigenvalue weighted by atomic mass is 16.4. The number of carboxylic acid groups (broad SMARTS) is 1. The van der Waals surface area contributed by atoms with E-state index in [1.807, 2.05) is 6.92 Å². The Hall–Kier alpha value is -1.89. The Bertz CT molecular complexity index is 500. The molecular weight excluding hydrogens is 260 g/mol. The van der Waals surface area contributed by atoms with Gasteiger partial charge in [-0.15, -0.1) is 0 Å². The van der Waals surface area contributed by atoms with Crippen LogP contribution in [0, 0.1) is 5.92 Å². The van der Waals surface area contributed by atoms with Gasteiger partial charge in [0.25, 0.3) is 5.91 Å². The van der Waals surface area contributed by atoms with Crippen LogP contribution in [0.4, 0.5) is 0 Å². The molecule has 2 rings (SSSR count). The molecule has 1 aliphatic heterocycles. The third-order valence-corrected chi connectivity index (χ3v) is 3.69. The number of nitrogens with two attached hydrogens (primary N) is 1. The number of carbonyl (C=O) groups is 2. The fourth-order valence-corrected chi connectivity index (χ4v) is 2.68. The Balaban J connectivity index is 2.18. The summed E-state index contributed by atoms with van der Waals surface area (Å²) in [7, 11) is 0. The number of hydrogen-bond donors (Lipinski definition) is 2. The summed E-state index contributed by atoms with van der Waals surface area (Å²) in [6.45, 7) is 3.37. The number of aromatic nitrogens is 2. The molecule has 0 bridgehead atoms. The van der Waals surface area contributed by atoms with Gasteiger partial charge in [-0.1, -0.05) is 6.92 Å². The molecule has 1 fully saturated rings. The quantitative estimate of drug-likeness (QED) is 0.818. The molecule has 1 aromatic heterocycles. The zero-order valence-corrected chi connectivity index (χ0v) is 11.5. The summed E-state index contributed by atoms with van der Waals surface area (Å²) < 4.78 is 1.73. The lowest BCUT2D eigenvalue weighted by molar-refractivity contribution is -0.145. The topological polar surface area (TPSA) is 101 Å². The summed E-state index contributed by atoms with van der Waals surface area (Å²) in [5.74, 6) is -1.32. The van der Waals surface area contributed by atoms with E-state index in [1.165, 1.54) is 4.90 Å². The molecular formula is C13H20N4O3. The van der Waals surface area contributed by atoms with E-state index in [-0.39, 0.29) is 17.5 Å². The summed E-state index contributed by atoms with van der Waals surface area (Å²) in [6.07, 6.45) is 4.80. The molecule has 7 nitrogen and oxygen atoms in total. The third kappa shape index (κ3) is 2.82. The maximum absolute atomic E-state index is 12.4. The molecule has 1 aliphatic rings. The number of hydrogen-bond acceptors (Lipinski definition) is 4. The van der Waals surface area contributed by atoms with Crippen LogP contribution >= 0.6 is 0 Å². The zero-order chi connectivity index (χ0) is 14.7. The zero-order valence-electron chi connectivity index (χ0n) is 11.5. The molecule has 0 aromatic carbocycles. The van der Waals surface area contributed by atoms with Crippen LogP contribution in [0.5, 0.6) is 0 Å². The molecule has 110 valence electrons. The molecule has 7 heteroatoms. The smallest absolute Gasteiger partial charge is 0.326 e. The van der Waals surface area contributed by atoms with E-state index in [4.69, 9.17) is 5.73 Å². The molecule has 20 heavy (non-hydrogen) atoms. The van der Waals surface area contributed by atoms with Crippen molar-refractivity contribution in [2.75, 3.05) is 13.1 Å². The standard InChI is InChI=1S/C13H20N4O3/c1-9-3-2-5-17(11(9)13(19)20)12(18)10-7-16(6-4-14)8-15-10/h7-9,11H,2-6,14H2,1H3,(H,19,20). The van der Waals surface area contributed by atoms with E-state index < -0.39 is 12.0 Å².